The molecule has 0 amide bonds. The van der Waals surface area contributed by atoms with E-state index in [-0.39, 0.29) is 18.8 Å². The first-order chi connectivity index (χ1) is 5.31. The zero-order valence-corrected chi connectivity index (χ0v) is 7.19. The van der Waals surface area contributed by atoms with Gasteiger partial charge in [0.25, 0.3) is 0 Å². The van der Waals surface area contributed by atoms with Crippen molar-refractivity contribution in [3.8, 4) is 0 Å². The van der Waals surface area contributed by atoms with Gasteiger partial charge in [-0.05, 0) is 19.8 Å². The molecule has 4 nitrogen and oxygen atoms in total. The van der Waals surface area contributed by atoms with E-state index in [9.17, 15) is 10.2 Å². The van der Waals surface area contributed by atoms with Crippen LogP contribution in [0, 0.1) is 5.92 Å². The molecule has 0 atom stereocenters. The lowest BCUT2D eigenvalue weighted by molar-refractivity contribution is -0.232. The lowest BCUT2D eigenvalue weighted by Crippen LogP contribution is -2.42. The van der Waals surface area contributed by atoms with Crippen LogP contribution < -0.4 is 0 Å². The molecule has 1 aliphatic rings. The molecule has 1 saturated carbocycles. The highest BCUT2D eigenvalue weighted by Gasteiger charge is 2.38. The largest absolute Gasteiger partial charge is 0.366 e. The molecule has 0 aliphatic heterocycles. The summed E-state index contributed by atoms with van der Waals surface area (Å²) in [7, 11) is 0. The van der Waals surface area contributed by atoms with Crippen LogP contribution >= 0.6 is 0 Å². The molecule has 1 aliphatic carbocycles. The summed E-state index contributed by atoms with van der Waals surface area (Å²) in [6, 6.07) is 0. The van der Waals surface area contributed by atoms with E-state index in [1.165, 1.54) is 6.92 Å². The molecule has 4 N–H and O–H groups in total. The van der Waals surface area contributed by atoms with Gasteiger partial charge in [-0.3, -0.25) is 0 Å². The molecule has 0 aromatic heterocycles. The normalized spacial score (nSPS) is 25.8. The van der Waals surface area contributed by atoms with E-state index < -0.39 is 11.6 Å². The number of hydrogen-bond donors (Lipinski definition) is 4. The summed E-state index contributed by atoms with van der Waals surface area (Å²) < 4.78 is 0. The summed E-state index contributed by atoms with van der Waals surface area (Å²) in [5.74, 6) is -3.52. The molecular weight excluding hydrogens is 160 g/mol. The van der Waals surface area contributed by atoms with Gasteiger partial charge in [-0.25, -0.2) is 0 Å². The van der Waals surface area contributed by atoms with Crippen molar-refractivity contribution in [3.63, 3.8) is 0 Å². The minimum atomic E-state index is -1.68. The Bertz CT molecular complexity index is 149. The maximum absolute atomic E-state index is 9.20. The van der Waals surface area contributed by atoms with Crippen LogP contribution in [0.2, 0.25) is 0 Å². The fraction of sp³-hybridized carbons (Fsp3) is 1.00. The van der Waals surface area contributed by atoms with E-state index in [0.29, 0.717) is 12.8 Å². The van der Waals surface area contributed by atoms with Crippen molar-refractivity contribution >= 4 is 0 Å². The van der Waals surface area contributed by atoms with E-state index in [1.54, 1.807) is 0 Å². The number of aliphatic hydroxyl groups is 4. The minimum Gasteiger partial charge on any atom is -0.366 e. The zero-order valence-electron chi connectivity index (χ0n) is 7.19. The summed E-state index contributed by atoms with van der Waals surface area (Å²) in [6.07, 6.45) is 1.32. The Morgan fingerprint density at radius 1 is 1.17 bits per heavy atom. The summed E-state index contributed by atoms with van der Waals surface area (Å²) in [5, 5.41) is 36.7. The first-order valence-corrected chi connectivity index (χ1v) is 4.21. The second kappa shape index (κ2) is 2.96. The predicted octanol–water partition coefficient (Wildman–Crippen LogP) is -0.442. The molecule has 0 aromatic carbocycles. The van der Waals surface area contributed by atoms with Crippen LogP contribution in [0.15, 0.2) is 0 Å². The van der Waals surface area contributed by atoms with Gasteiger partial charge >= 0.3 is 0 Å². The SMILES string of the molecule is CC(O)(O)C1CCC(O)(O)CC1. The highest BCUT2D eigenvalue weighted by molar-refractivity contribution is 4.81. The van der Waals surface area contributed by atoms with E-state index in [1.807, 2.05) is 0 Å². The van der Waals surface area contributed by atoms with Crippen LogP contribution in [0.5, 0.6) is 0 Å². The third kappa shape index (κ3) is 2.42. The highest BCUT2D eigenvalue weighted by atomic mass is 16.5. The molecule has 72 valence electrons. The lowest BCUT2D eigenvalue weighted by Gasteiger charge is -2.36. The van der Waals surface area contributed by atoms with Crippen molar-refractivity contribution in [2.75, 3.05) is 0 Å². The fourth-order valence-electron chi connectivity index (χ4n) is 1.63. The Morgan fingerprint density at radius 3 is 1.92 bits per heavy atom. The summed E-state index contributed by atoms with van der Waals surface area (Å²) in [6.45, 7) is 1.33. The Labute approximate surface area is 71.5 Å². The van der Waals surface area contributed by atoms with Crippen LogP contribution in [0.3, 0.4) is 0 Å². The van der Waals surface area contributed by atoms with Gasteiger partial charge in [-0.2, -0.15) is 0 Å². The molecule has 1 rings (SSSR count). The average Bonchev–Trinajstić information content (AvgIpc) is 1.83. The molecular formula is C8H16O4. The Balaban J connectivity index is 2.47. The molecule has 1 fully saturated rings. The monoisotopic (exact) mass is 176 g/mol. The molecule has 0 bridgehead atoms. The second-order valence-corrected chi connectivity index (χ2v) is 3.85. The van der Waals surface area contributed by atoms with Gasteiger partial charge in [-0.15, -0.1) is 0 Å². The van der Waals surface area contributed by atoms with Gasteiger partial charge in [0.1, 0.15) is 0 Å². The first-order valence-electron chi connectivity index (χ1n) is 4.21. The third-order valence-corrected chi connectivity index (χ3v) is 2.56. The van der Waals surface area contributed by atoms with Crippen LogP contribution in [0.4, 0.5) is 0 Å². The Morgan fingerprint density at radius 2 is 1.58 bits per heavy atom. The van der Waals surface area contributed by atoms with Gasteiger partial charge < -0.3 is 20.4 Å². The van der Waals surface area contributed by atoms with Crippen molar-refractivity contribution in [3.05, 3.63) is 0 Å². The van der Waals surface area contributed by atoms with Gasteiger partial charge in [0.2, 0.25) is 0 Å². The predicted molar refractivity (Wildman–Crippen MR) is 42.0 cm³/mol. The molecule has 4 heteroatoms. The minimum absolute atomic E-state index is 0.217. The number of hydrogen-bond acceptors (Lipinski definition) is 4. The summed E-state index contributed by atoms with van der Waals surface area (Å²) in [5.41, 5.74) is 0. The highest BCUT2D eigenvalue weighted by Crippen LogP contribution is 2.35. The van der Waals surface area contributed by atoms with Crippen molar-refractivity contribution in [2.45, 2.75) is 44.2 Å². The van der Waals surface area contributed by atoms with Crippen molar-refractivity contribution in [1.82, 2.24) is 0 Å². The maximum Gasteiger partial charge on any atom is 0.162 e. The average molecular weight is 176 g/mol. The topological polar surface area (TPSA) is 80.9 Å². The molecule has 0 aromatic rings. The van der Waals surface area contributed by atoms with Gasteiger partial charge in [-0.1, -0.05) is 0 Å². The Kier molecular flexibility index (Phi) is 2.45. The molecule has 0 radical (unpaired) electrons. The molecule has 0 spiro atoms. The second-order valence-electron chi connectivity index (χ2n) is 3.85. The van der Waals surface area contributed by atoms with E-state index >= 15 is 0 Å². The van der Waals surface area contributed by atoms with Gasteiger partial charge in [0, 0.05) is 18.8 Å². The van der Waals surface area contributed by atoms with Crippen LogP contribution in [-0.4, -0.2) is 32.0 Å². The Hall–Kier alpha value is -0.160. The van der Waals surface area contributed by atoms with E-state index in [4.69, 9.17) is 10.2 Å². The fourth-order valence-corrected chi connectivity index (χ4v) is 1.63. The molecule has 0 saturated heterocycles. The zero-order chi connectivity index (χ0) is 9.41. The molecule has 0 heterocycles. The summed E-state index contributed by atoms with van der Waals surface area (Å²) in [4.78, 5) is 0. The van der Waals surface area contributed by atoms with Crippen LogP contribution in [0.1, 0.15) is 32.6 Å². The van der Waals surface area contributed by atoms with Crippen molar-refractivity contribution in [1.29, 1.82) is 0 Å². The van der Waals surface area contributed by atoms with Gasteiger partial charge in [0.15, 0.2) is 11.6 Å². The smallest absolute Gasteiger partial charge is 0.162 e. The number of rotatable bonds is 1. The van der Waals surface area contributed by atoms with Crippen LogP contribution in [-0.2, 0) is 0 Å². The lowest BCUT2D eigenvalue weighted by atomic mass is 9.81. The van der Waals surface area contributed by atoms with Crippen molar-refractivity contribution in [2.24, 2.45) is 5.92 Å². The standard InChI is InChI=1S/C8H16O4/c1-7(9,10)6-2-4-8(11,12)5-3-6/h6,9-12H,2-5H2,1H3. The first kappa shape index (κ1) is 9.92. The van der Waals surface area contributed by atoms with Crippen molar-refractivity contribution < 1.29 is 20.4 Å². The van der Waals surface area contributed by atoms with Crippen LogP contribution in [0.25, 0.3) is 0 Å². The molecule has 0 unspecified atom stereocenters. The third-order valence-electron chi connectivity index (χ3n) is 2.56. The molecule has 12 heavy (non-hydrogen) atoms. The van der Waals surface area contributed by atoms with Gasteiger partial charge in [0.05, 0.1) is 0 Å². The van der Waals surface area contributed by atoms with E-state index in [2.05, 4.69) is 0 Å². The maximum atomic E-state index is 9.20. The quantitative estimate of drug-likeness (QED) is 0.408. The summed E-state index contributed by atoms with van der Waals surface area (Å²) >= 11 is 0. The van der Waals surface area contributed by atoms with E-state index in [0.717, 1.165) is 0 Å².